The van der Waals surface area contributed by atoms with Crippen molar-refractivity contribution in [2.24, 2.45) is 0 Å². The van der Waals surface area contributed by atoms with Crippen molar-refractivity contribution in [2.45, 2.75) is 26.3 Å². The quantitative estimate of drug-likeness (QED) is 0.228. The number of Topliss-reactive ketones (excluding diaryl/α,β-unsaturated/α-hetero) is 1. The molecule has 1 aromatic heterocycles. The summed E-state index contributed by atoms with van der Waals surface area (Å²) in [5.74, 6) is -0.836. The predicted molar refractivity (Wildman–Crippen MR) is 134 cm³/mol. The fourth-order valence-electron chi connectivity index (χ4n) is 4.31. The number of carbonyl (C=O) groups is 2. The van der Waals surface area contributed by atoms with Crippen molar-refractivity contribution in [3.05, 3.63) is 95.1 Å². The summed E-state index contributed by atoms with van der Waals surface area (Å²) in [7, 11) is 0. The Balaban J connectivity index is 1.64. The highest BCUT2D eigenvalue weighted by Crippen LogP contribution is 2.41. The fourth-order valence-corrected chi connectivity index (χ4v) is 4.31. The minimum absolute atomic E-state index is 0.0139. The van der Waals surface area contributed by atoms with Gasteiger partial charge < -0.3 is 14.8 Å². The van der Waals surface area contributed by atoms with Crippen molar-refractivity contribution in [1.29, 1.82) is 0 Å². The number of amides is 1. The third kappa shape index (κ3) is 4.05. The molecule has 2 N–H and O–H groups in total. The molecule has 0 radical (unpaired) electrons. The summed E-state index contributed by atoms with van der Waals surface area (Å²) in [5.41, 5.74) is 3.61. The minimum Gasteiger partial charge on any atom is -0.507 e. The van der Waals surface area contributed by atoms with Crippen molar-refractivity contribution >= 4 is 34.4 Å². The molecule has 0 saturated carbocycles. The van der Waals surface area contributed by atoms with E-state index in [0.717, 1.165) is 17.5 Å². The number of anilines is 1. The van der Waals surface area contributed by atoms with Gasteiger partial charge in [0.25, 0.3) is 5.78 Å². The average molecular weight is 468 g/mol. The lowest BCUT2D eigenvalue weighted by molar-refractivity contribution is -0.132. The molecule has 35 heavy (non-hydrogen) atoms. The van der Waals surface area contributed by atoms with Gasteiger partial charge in [-0.3, -0.25) is 14.5 Å². The second kappa shape index (κ2) is 9.10. The number of ketones is 1. The topological polar surface area (TPSA) is 95.5 Å². The molecule has 1 unspecified atom stereocenters. The van der Waals surface area contributed by atoms with Gasteiger partial charge in [0.15, 0.2) is 0 Å². The van der Waals surface area contributed by atoms with Gasteiger partial charge in [0.1, 0.15) is 11.5 Å². The Hall–Kier alpha value is -4.39. The third-order valence-electron chi connectivity index (χ3n) is 6.01. The zero-order valence-electron chi connectivity index (χ0n) is 19.5. The normalized spacial score (nSPS) is 17.3. The number of nitrogens with one attached hydrogen (secondary N) is 1. The monoisotopic (exact) mass is 467 g/mol. The van der Waals surface area contributed by atoms with Crippen molar-refractivity contribution in [3.8, 4) is 5.75 Å². The largest absolute Gasteiger partial charge is 0.507 e. The second-order valence-electron chi connectivity index (χ2n) is 8.53. The molecule has 176 valence electrons. The van der Waals surface area contributed by atoms with Crippen LogP contribution in [0.15, 0.2) is 78.4 Å². The number of imidazole rings is 1. The molecule has 1 fully saturated rings. The molecule has 5 rings (SSSR count). The van der Waals surface area contributed by atoms with Crippen molar-refractivity contribution in [2.75, 3.05) is 11.5 Å². The molecular weight excluding hydrogens is 442 g/mol. The highest BCUT2D eigenvalue weighted by molar-refractivity contribution is 6.51. The molecule has 7 heteroatoms. The van der Waals surface area contributed by atoms with Gasteiger partial charge in [0.2, 0.25) is 5.95 Å². The molecule has 0 aliphatic carbocycles. The Morgan fingerprint density at radius 3 is 2.51 bits per heavy atom. The summed E-state index contributed by atoms with van der Waals surface area (Å²) in [6.07, 6.45) is 0.879. The zero-order chi connectivity index (χ0) is 24.5. The highest BCUT2D eigenvalue weighted by Gasteiger charge is 2.48. The van der Waals surface area contributed by atoms with Gasteiger partial charge in [-0.25, -0.2) is 4.98 Å². The first-order valence-corrected chi connectivity index (χ1v) is 11.5. The molecule has 2 heterocycles. The van der Waals surface area contributed by atoms with E-state index in [1.54, 1.807) is 24.3 Å². The smallest absolute Gasteiger partial charge is 0.302 e. The maximum absolute atomic E-state index is 13.3. The Labute approximate surface area is 202 Å². The van der Waals surface area contributed by atoms with Crippen LogP contribution in [0, 0.1) is 6.92 Å². The van der Waals surface area contributed by atoms with Crippen LogP contribution in [0.25, 0.3) is 16.8 Å². The first-order chi connectivity index (χ1) is 17.0. The summed E-state index contributed by atoms with van der Waals surface area (Å²) in [5, 5.41) is 11.3. The van der Waals surface area contributed by atoms with Crippen LogP contribution < -0.4 is 9.64 Å². The van der Waals surface area contributed by atoms with Gasteiger partial charge in [-0.1, -0.05) is 43.3 Å². The lowest BCUT2D eigenvalue weighted by atomic mass is 9.95. The first kappa shape index (κ1) is 22.4. The van der Waals surface area contributed by atoms with Crippen LogP contribution in [0.2, 0.25) is 0 Å². The average Bonchev–Trinajstić information content (AvgIpc) is 3.40. The standard InChI is InChI=1S/C28H25N3O4/c1-3-15-35-20-12-10-19(11-13-20)25(32)23-24(18-7-5-4-6-8-18)31(27(34)26(23)33)28-29-21-14-9-17(2)16-22(21)30-28/h4-14,16,24,32H,3,15H2,1-2H3,(H,29,30)/b25-23+. The number of nitrogens with zero attached hydrogens (tertiary/aromatic N) is 2. The molecule has 0 spiro atoms. The van der Waals surface area contributed by atoms with Crippen LogP contribution in [0.3, 0.4) is 0 Å². The van der Waals surface area contributed by atoms with E-state index in [0.29, 0.717) is 29.0 Å². The number of aromatic nitrogens is 2. The Bertz CT molecular complexity index is 1440. The number of hydrogen-bond acceptors (Lipinski definition) is 5. The van der Waals surface area contributed by atoms with Crippen LogP contribution in [-0.2, 0) is 9.59 Å². The molecule has 3 aromatic carbocycles. The maximum Gasteiger partial charge on any atom is 0.302 e. The van der Waals surface area contributed by atoms with E-state index in [-0.39, 0.29) is 17.3 Å². The molecule has 1 amide bonds. The van der Waals surface area contributed by atoms with E-state index in [1.165, 1.54) is 4.90 Å². The molecule has 0 bridgehead atoms. The summed E-state index contributed by atoms with van der Waals surface area (Å²) in [4.78, 5) is 35.7. The number of aryl methyl sites for hydroxylation is 1. The molecule has 4 aromatic rings. The van der Waals surface area contributed by atoms with Gasteiger partial charge in [-0.2, -0.15) is 0 Å². The fraction of sp³-hybridized carbons (Fsp3) is 0.179. The first-order valence-electron chi connectivity index (χ1n) is 11.5. The van der Waals surface area contributed by atoms with Gasteiger partial charge in [-0.05, 0) is 60.9 Å². The Morgan fingerprint density at radius 2 is 1.80 bits per heavy atom. The van der Waals surface area contributed by atoms with Crippen LogP contribution in [0.4, 0.5) is 5.95 Å². The number of aliphatic hydroxyl groups excluding tert-OH is 1. The van der Waals surface area contributed by atoms with Crippen molar-refractivity contribution in [1.82, 2.24) is 9.97 Å². The summed E-state index contributed by atoms with van der Waals surface area (Å²) in [6.45, 7) is 4.57. The van der Waals surface area contributed by atoms with Crippen LogP contribution >= 0.6 is 0 Å². The molecule has 1 atom stereocenters. The number of fused-ring (bicyclic) bond motifs is 1. The van der Waals surface area contributed by atoms with Gasteiger partial charge in [-0.15, -0.1) is 0 Å². The van der Waals surface area contributed by atoms with Gasteiger partial charge in [0.05, 0.1) is 29.3 Å². The van der Waals surface area contributed by atoms with Crippen molar-refractivity contribution < 1.29 is 19.4 Å². The second-order valence-corrected chi connectivity index (χ2v) is 8.53. The highest BCUT2D eigenvalue weighted by atomic mass is 16.5. The van der Waals surface area contributed by atoms with E-state index in [4.69, 9.17) is 4.74 Å². The molecule has 1 saturated heterocycles. The number of hydrogen-bond donors (Lipinski definition) is 2. The van der Waals surface area contributed by atoms with Crippen LogP contribution in [0.1, 0.15) is 36.1 Å². The van der Waals surface area contributed by atoms with Crippen LogP contribution in [-0.4, -0.2) is 33.4 Å². The zero-order valence-corrected chi connectivity index (χ0v) is 19.5. The molecule has 7 nitrogen and oxygen atoms in total. The Morgan fingerprint density at radius 1 is 1.06 bits per heavy atom. The number of H-pyrrole nitrogens is 1. The summed E-state index contributed by atoms with van der Waals surface area (Å²) in [6, 6.07) is 20.9. The van der Waals surface area contributed by atoms with E-state index in [1.807, 2.05) is 62.4 Å². The number of benzene rings is 3. The van der Waals surface area contributed by atoms with Gasteiger partial charge >= 0.3 is 5.91 Å². The minimum atomic E-state index is -0.839. The summed E-state index contributed by atoms with van der Waals surface area (Å²) >= 11 is 0. The van der Waals surface area contributed by atoms with E-state index >= 15 is 0 Å². The third-order valence-corrected chi connectivity index (χ3v) is 6.01. The number of aromatic amines is 1. The van der Waals surface area contributed by atoms with E-state index in [9.17, 15) is 14.7 Å². The predicted octanol–water partition coefficient (Wildman–Crippen LogP) is 5.29. The molecule has 1 aliphatic rings. The molecular formula is C28H25N3O4. The van der Waals surface area contributed by atoms with Crippen molar-refractivity contribution in [3.63, 3.8) is 0 Å². The molecule has 1 aliphatic heterocycles. The number of rotatable bonds is 6. The van der Waals surface area contributed by atoms with Crippen LogP contribution in [0.5, 0.6) is 5.75 Å². The maximum atomic E-state index is 13.3. The lowest BCUT2D eigenvalue weighted by Crippen LogP contribution is -2.30. The van der Waals surface area contributed by atoms with E-state index in [2.05, 4.69) is 9.97 Å². The number of ether oxygens (including phenoxy) is 1. The van der Waals surface area contributed by atoms with Gasteiger partial charge in [0, 0.05) is 5.56 Å². The SMILES string of the molecule is CCCOc1ccc(/C(O)=C2\C(=O)C(=O)N(c3nc4ccc(C)cc4[nH]3)C2c2ccccc2)cc1. The Kier molecular flexibility index (Phi) is 5.82. The lowest BCUT2D eigenvalue weighted by Gasteiger charge is -2.23. The summed E-state index contributed by atoms with van der Waals surface area (Å²) < 4.78 is 5.62. The number of carbonyl (C=O) groups excluding carboxylic acids is 2. The number of aliphatic hydroxyl groups is 1. The van der Waals surface area contributed by atoms with E-state index < -0.39 is 17.7 Å².